The predicted molar refractivity (Wildman–Crippen MR) is 68.9 cm³/mol. The van der Waals surface area contributed by atoms with Crippen molar-refractivity contribution < 1.29 is 21.9 Å². The summed E-state index contributed by atoms with van der Waals surface area (Å²) < 4.78 is 0. The molecule has 2 rings (SSSR count). The molecule has 1 aliphatic carbocycles. The molecule has 1 nitrogen and oxygen atoms in total. The maximum atomic E-state index is 8.68. The van der Waals surface area contributed by atoms with Crippen LogP contribution in [0.25, 0.3) is 0 Å². The van der Waals surface area contributed by atoms with Gasteiger partial charge in [-0.3, -0.25) is 12.4 Å². The monoisotopic (exact) mass is 270 g/mol. The molecule has 0 saturated carbocycles. The van der Waals surface area contributed by atoms with Crippen LogP contribution in [0.4, 0.5) is 0 Å². The van der Waals surface area contributed by atoms with Crippen molar-refractivity contribution in [3.8, 4) is 0 Å². The van der Waals surface area contributed by atoms with Gasteiger partial charge in [0, 0.05) is 0 Å². The first-order valence-corrected chi connectivity index (χ1v) is 5.24. The summed E-state index contributed by atoms with van der Waals surface area (Å²) in [6, 6.07) is 8.48. The van der Waals surface area contributed by atoms with Gasteiger partial charge in [0.1, 0.15) is 0 Å². The molecule has 0 radical (unpaired) electrons. The third kappa shape index (κ3) is 12.8. The van der Waals surface area contributed by atoms with Crippen molar-refractivity contribution in [2.24, 2.45) is 0 Å². The number of hydrogen-bond acceptors (Lipinski definition) is 1. The van der Waals surface area contributed by atoms with E-state index in [1.807, 2.05) is 12.2 Å². The Hall–Kier alpha value is -1.11. The first-order valence-electron chi connectivity index (χ1n) is 5.24. The second-order valence-corrected chi connectivity index (χ2v) is 3.36. The molecule has 17 heavy (non-hydrogen) atoms. The van der Waals surface area contributed by atoms with Crippen molar-refractivity contribution >= 4 is 6.29 Å². The minimum absolute atomic E-state index is 0. The molecule has 2 heteroatoms. The van der Waals surface area contributed by atoms with Crippen molar-refractivity contribution in [1.29, 1.82) is 0 Å². The summed E-state index contributed by atoms with van der Waals surface area (Å²) in [7, 11) is 0. The number of aryl methyl sites for hydroxylation is 2. The maximum Gasteiger partial charge on any atom is 2.00 e. The number of carbonyl (C=O) groups excluding carboxylic acids is 1. The summed E-state index contributed by atoms with van der Waals surface area (Å²) in [5.41, 5.74) is 2.66. The standard InChI is InChI=1S/C8H10.C5H5.C2H3O.Fe/c1-7-3-5-8(2)6-4-7;1-2-4-5-3-1;1-2-3;/h3-6H,1-2H3;1-3H,4H2;1H3;/q;2*-1;+2. The van der Waals surface area contributed by atoms with Crippen LogP contribution in [-0.2, 0) is 21.9 Å². The molecule has 0 bridgehead atoms. The van der Waals surface area contributed by atoms with E-state index < -0.39 is 0 Å². The fourth-order valence-electron chi connectivity index (χ4n) is 0.977. The van der Waals surface area contributed by atoms with Crippen molar-refractivity contribution in [2.45, 2.75) is 27.2 Å². The quantitative estimate of drug-likeness (QED) is 0.518. The third-order valence-corrected chi connectivity index (χ3v) is 1.80. The van der Waals surface area contributed by atoms with Gasteiger partial charge in [-0.05, 0) is 13.8 Å². The molecule has 1 aromatic carbocycles. The van der Waals surface area contributed by atoms with E-state index in [4.69, 9.17) is 4.79 Å². The Kier molecular flexibility index (Phi) is 13.9. The maximum absolute atomic E-state index is 8.68. The summed E-state index contributed by atoms with van der Waals surface area (Å²) in [4.78, 5) is 8.68. The Morgan fingerprint density at radius 1 is 1.12 bits per heavy atom. The summed E-state index contributed by atoms with van der Waals surface area (Å²) in [6.07, 6.45) is 11.5. The smallest absolute Gasteiger partial charge is 0.542 e. The van der Waals surface area contributed by atoms with Crippen LogP contribution >= 0.6 is 0 Å². The van der Waals surface area contributed by atoms with Crippen molar-refractivity contribution in [2.75, 3.05) is 0 Å². The van der Waals surface area contributed by atoms with E-state index in [2.05, 4.69) is 50.3 Å². The topological polar surface area (TPSA) is 17.1 Å². The van der Waals surface area contributed by atoms with Crippen LogP contribution in [0.1, 0.15) is 24.5 Å². The summed E-state index contributed by atoms with van der Waals surface area (Å²) in [5.74, 6) is 0. The zero-order valence-electron chi connectivity index (χ0n) is 10.5. The number of rotatable bonds is 0. The Balaban J connectivity index is 0. The summed E-state index contributed by atoms with van der Waals surface area (Å²) in [6.45, 7) is 5.51. The van der Waals surface area contributed by atoms with Crippen LogP contribution < -0.4 is 0 Å². The van der Waals surface area contributed by atoms with Gasteiger partial charge >= 0.3 is 17.1 Å². The molecule has 0 N–H and O–H groups in total. The van der Waals surface area contributed by atoms with Gasteiger partial charge in [-0.1, -0.05) is 35.4 Å². The van der Waals surface area contributed by atoms with Crippen LogP contribution in [0.3, 0.4) is 0 Å². The molecule has 0 aliphatic heterocycles. The van der Waals surface area contributed by atoms with Gasteiger partial charge in [0.15, 0.2) is 0 Å². The molecule has 0 atom stereocenters. The Bertz CT molecular complexity index is 305. The van der Waals surface area contributed by atoms with Crippen molar-refractivity contribution in [3.05, 3.63) is 59.7 Å². The number of benzene rings is 1. The summed E-state index contributed by atoms with van der Waals surface area (Å²) >= 11 is 0. The molecule has 0 unspecified atom stereocenters. The Morgan fingerprint density at radius 3 is 1.71 bits per heavy atom. The van der Waals surface area contributed by atoms with E-state index in [0.29, 0.717) is 0 Å². The molecule has 92 valence electrons. The predicted octanol–water partition coefficient (Wildman–Crippen LogP) is 3.72. The summed E-state index contributed by atoms with van der Waals surface area (Å²) in [5, 5.41) is 0. The van der Waals surface area contributed by atoms with E-state index in [-0.39, 0.29) is 17.1 Å². The fourth-order valence-corrected chi connectivity index (χ4v) is 0.977. The number of allylic oxidation sites excluding steroid dienone is 4. The average Bonchev–Trinajstić information content (AvgIpc) is 2.82. The molecular formula is C15H18FeO. The van der Waals surface area contributed by atoms with E-state index in [0.717, 1.165) is 6.42 Å². The normalized spacial score (nSPS) is 10.3. The van der Waals surface area contributed by atoms with Crippen LogP contribution in [0.5, 0.6) is 0 Å². The molecule has 0 aromatic heterocycles. The number of hydrogen-bond donors (Lipinski definition) is 0. The SMILES string of the molecule is C[C-]=O.Cc1ccc(C)cc1.[C-]1=CC=CC1.[Fe+2]. The second-order valence-electron chi connectivity index (χ2n) is 3.36. The Morgan fingerprint density at radius 2 is 1.53 bits per heavy atom. The van der Waals surface area contributed by atoms with E-state index >= 15 is 0 Å². The molecule has 0 heterocycles. The van der Waals surface area contributed by atoms with Gasteiger partial charge in [-0.2, -0.15) is 13.0 Å². The molecule has 1 aliphatic rings. The molecule has 0 fully saturated rings. The molecule has 0 amide bonds. The zero-order valence-corrected chi connectivity index (χ0v) is 11.6. The Labute approximate surface area is 115 Å². The average molecular weight is 270 g/mol. The van der Waals surface area contributed by atoms with Gasteiger partial charge in [0.05, 0.1) is 0 Å². The van der Waals surface area contributed by atoms with Gasteiger partial charge < -0.3 is 4.79 Å². The fraction of sp³-hybridized carbons (Fsp3) is 0.267. The minimum Gasteiger partial charge on any atom is -0.542 e. The van der Waals surface area contributed by atoms with E-state index in [9.17, 15) is 0 Å². The van der Waals surface area contributed by atoms with Crippen LogP contribution in [0.15, 0.2) is 42.5 Å². The van der Waals surface area contributed by atoms with Crippen LogP contribution in [0, 0.1) is 19.9 Å². The minimum atomic E-state index is 0. The molecule has 0 spiro atoms. The second kappa shape index (κ2) is 13.0. The first kappa shape index (κ1) is 18.3. The van der Waals surface area contributed by atoms with Crippen LogP contribution in [-0.4, -0.2) is 6.29 Å². The zero-order chi connectivity index (χ0) is 12.2. The van der Waals surface area contributed by atoms with Gasteiger partial charge in [-0.25, -0.2) is 12.2 Å². The third-order valence-electron chi connectivity index (χ3n) is 1.80. The van der Waals surface area contributed by atoms with Gasteiger partial charge in [0.2, 0.25) is 0 Å². The largest absolute Gasteiger partial charge is 2.00 e. The molecule has 1 aromatic rings. The van der Waals surface area contributed by atoms with Crippen molar-refractivity contribution in [3.63, 3.8) is 0 Å². The first-order chi connectivity index (χ1) is 7.70. The van der Waals surface area contributed by atoms with E-state index in [1.54, 1.807) is 0 Å². The van der Waals surface area contributed by atoms with Crippen LogP contribution in [0.2, 0.25) is 0 Å². The molecule has 0 saturated heterocycles. The van der Waals surface area contributed by atoms with Gasteiger partial charge in [0.25, 0.3) is 0 Å². The van der Waals surface area contributed by atoms with Gasteiger partial charge in [-0.15, -0.1) is 6.42 Å². The van der Waals surface area contributed by atoms with E-state index in [1.165, 1.54) is 24.3 Å². The van der Waals surface area contributed by atoms with Crippen molar-refractivity contribution in [1.82, 2.24) is 0 Å². The molecular weight excluding hydrogens is 252 g/mol.